The Morgan fingerprint density at radius 2 is 1.59 bits per heavy atom. The lowest BCUT2D eigenvalue weighted by Gasteiger charge is -2.18. The van der Waals surface area contributed by atoms with E-state index in [-0.39, 0.29) is 11.8 Å². The maximum absolute atomic E-state index is 13.2. The van der Waals surface area contributed by atoms with Crippen molar-refractivity contribution < 1.29 is 4.79 Å². The van der Waals surface area contributed by atoms with Gasteiger partial charge in [0.25, 0.3) is 0 Å². The van der Waals surface area contributed by atoms with Gasteiger partial charge in [0.15, 0.2) is 0 Å². The summed E-state index contributed by atoms with van der Waals surface area (Å²) in [6.45, 7) is 0.640. The van der Waals surface area contributed by atoms with Gasteiger partial charge in [-0.2, -0.15) is 5.10 Å². The predicted octanol–water partition coefficient (Wildman–Crippen LogP) is 4.76. The van der Waals surface area contributed by atoms with E-state index >= 15 is 0 Å². The molecule has 2 aromatic heterocycles. The zero-order chi connectivity index (χ0) is 18.5. The molecule has 0 unspecified atom stereocenters. The first-order chi connectivity index (χ1) is 13.3. The Bertz CT molecular complexity index is 955. The average Bonchev–Trinajstić information content (AvgIpc) is 3.37. The molecule has 2 heterocycles. The van der Waals surface area contributed by atoms with E-state index in [1.807, 2.05) is 82.9 Å². The summed E-state index contributed by atoms with van der Waals surface area (Å²) in [6, 6.07) is 25.6. The predicted molar refractivity (Wildman–Crippen MR) is 109 cm³/mol. The van der Waals surface area contributed by atoms with Crippen LogP contribution in [0.3, 0.4) is 0 Å². The number of aromatic nitrogens is 2. The summed E-state index contributed by atoms with van der Waals surface area (Å²) < 4.78 is 1.82. The van der Waals surface area contributed by atoms with Gasteiger partial charge in [0.05, 0.1) is 18.7 Å². The molecule has 0 bridgehead atoms. The first kappa shape index (κ1) is 17.2. The van der Waals surface area contributed by atoms with Crippen LogP contribution < -0.4 is 5.32 Å². The molecule has 0 spiro atoms. The highest BCUT2D eigenvalue weighted by molar-refractivity contribution is 7.09. The van der Waals surface area contributed by atoms with Gasteiger partial charge in [-0.1, -0.05) is 66.7 Å². The van der Waals surface area contributed by atoms with Crippen molar-refractivity contribution in [3.05, 3.63) is 106 Å². The minimum absolute atomic E-state index is 0.0691. The maximum atomic E-state index is 13.2. The number of carbonyl (C=O) groups is 1. The van der Waals surface area contributed by atoms with Crippen LogP contribution in [0.15, 0.2) is 90.4 Å². The third-order valence-corrected chi connectivity index (χ3v) is 5.24. The molecule has 134 valence electrons. The van der Waals surface area contributed by atoms with Crippen LogP contribution in [0.4, 0.5) is 5.82 Å². The molecule has 4 nitrogen and oxygen atoms in total. The van der Waals surface area contributed by atoms with E-state index in [1.165, 1.54) is 4.88 Å². The van der Waals surface area contributed by atoms with Crippen molar-refractivity contribution in [3.63, 3.8) is 0 Å². The molecular weight excluding hydrogens is 354 g/mol. The van der Waals surface area contributed by atoms with Crippen molar-refractivity contribution in [2.75, 3.05) is 5.32 Å². The fraction of sp³-hybridized carbons (Fsp3) is 0.0909. The second-order valence-corrected chi connectivity index (χ2v) is 7.23. The van der Waals surface area contributed by atoms with Gasteiger partial charge in [-0.05, 0) is 22.6 Å². The first-order valence-corrected chi connectivity index (χ1v) is 9.64. The van der Waals surface area contributed by atoms with Crippen molar-refractivity contribution in [2.24, 2.45) is 0 Å². The molecule has 1 amide bonds. The van der Waals surface area contributed by atoms with Gasteiger partial charge < -0.3 is 5.32 Å². The van der Waals surface area contributed by atoms with E-state index in [4.69, 9.17) is 0 Å². The number of hydrogen-bond acceptors (Lipinski definition) is 3. The van der Waals surface area contributed by atoms with Crippen molar-refractivity contribution in [3.8, 4) is 0 Å². The number of nitrogens with zero attached hydrogens (tertiary/aromatic N) is 2. The van der Waals surface area contributed by atoms with Crippen LogP contribution in [0, 0.1) is 0 Å². The van der Waals surface area contributed by atoms with Crippen LogP contribution in [-0.4, -0.2) is 15.7 Å². The Balaban J connectivity index is 1.61. The van der Waals surface area contributed by atoms with Gasteiger partial charge in [0, 0.05) is 10.9 Å². The maximum Gasteiger partial charge on any atom is 0.237 e. The monoisotopic (exact) mass is 373 g/mol. The summed E-state index contributed by atoms with van der Waals surface area (Å²) in [5, 5.41) is 9.46. The Labute approximate surface area is 162 Å². The van der Waals surface area contributed by atoms with E-state index in [0.29, 0.717) is 12.4 Å². The largest absolute Gasteiger partial charge is 0.310 e. The standard InChI is InChI=1S/C22H19N3OS/c26-22(24-20-13-14-23-25(20)16-19-12-7-15-27-19)21(17-8-3-1-4-9-17)18-10-5-2-6-11-18/h1-15,21H,16H2,(H,24,26). The minimum Gasteiger partial charge on any atom is -0.310 e. The highest BCUT2D eigenvalue weighted by Gasteiger charge is 2.23. The number of benzene rings is 2. The molecule has 4 aromatic rings. The lowest BCUT2D eigenvalue weighted by molar-refractivity contribution is -0.116. The van der Waals surface area contributed by atoms with Crippen LogP contribution >= 0.6 is 11.3 Å². The molecule has 0 radical (unpaired) electrons. The molecule has 27 heavy (non-hydrogen) atoms. The topological polar surface area (TPSA) is 46.9 Å². The highest BCUT2D eigenvalue weighted by atomic mass is 32.1. The number of hydrogen-bond donors (Lipinski definition) is 1. The summed E-state index contributed by atoms with van der Waals surface area (Å²) in [4.78, 5) is 14.4. The number of thiophene rings is 1. The van der Waals surface area contributed by atoms with Gasteiger partial charge in [-0.3, -0.25) is 4.79 Å². The Hall–Kier alpha value is -3.18. The van der Waals surface area contributed by atoms with E-state index < -0.39 is 0 Å². The van der Waals surface area contributed by atoms with Crippen LogP contribution in [0.1, 0.15) is 21.9 Å². The summed E-state index contributed by atoms with van der Waals surface area (Å²) in [5.74, 6) is 0.253. The smallest absolute Gasteiger partial charge is 0.237 e. The summed E-state index contributed by atoms with van der Waals surface area (Å²) in [7, 11) is 0. The molecule has 0 saturated carbocycles. The van der Waals surface area contributed by atoms with E-state index in [9.17, 15) is 4.79 Å². The lowest BCUT2D eigenvalue weighted by atomic mass is 9.90. The molecule has 2 aromatic carbocycles. The van der Waals surface area contributed by atoms with Crippen molar-refractivity contribution in [2.45, 2.75) is 12.5 Å². The lowest BCUT2D eigenvalue weighted by Crippen LogP contribution is -2.24. The minimum atomic E-state index is -0.377. The SMILES string of the molecule is O=C(Nc1ccnn1Cc1cccs1)C(c1ccccc1)c1ccccc1. The van der Waals surface area contributed by atoms with Gasteiger partial charge in [-0.15, -0.1) is 11.3 Å². The fourth-order valence-electron chi connectivity index (χ4n) is 3.10. The van der Waals surface area contributed by atoms with Gasteiger partial charge in [0.2, 0.25) is 5.91 Å². The molecule has 0 saturated heterocycles. The molecular formula is C22H19N3OS. The zero-order valence-electron chi connectivity index (χ0n) is 14.7. The van der Waals surface area contributed by atoms with E-state index in [0.717, 1.165) is 11.1 Å². The molecule has 1 N–H and O–H groups in total. The molecule has 0 aliphatic heterocycles. The number of rotatable bonds is 6. The summed E-state index contributed by atoms with van der Waals surface area (Å²) in [6.07, 6.45) is 1.71. The Kier molecular flexibility index (Phi) is 5.12. The molecule has 0 atom stereocenters. The number of nitrogens with one attached hydrogen (secondary N) is 1. The van der Waals surface area contributed by atoms with E-state index in [1.54, 1.807) is 17.5 Å². The van der Waals surface area contributed by atoms with Gasteiger partial charge in [0.1, 0.15) is 5.82 Å². The second kappa shape index (κ2) is 8.01. The van der Waals surface area contributed by atoms with Crippen molar-refractivity contribution in [1.29, 1.82) is 0 Å². The molecule has 5 heteroatoms. The van der Waals surface area contributed by atoms with Crippen LogP contribution in [0.2, 0.25) is 0 Å². The van der Waals surface area contributed by atoms with E-state index in [2.05, 4.69) is 16.5 Å². The van der Waals surface area contributed by atoms with Crippen molar-refractivity contribution in [1.82, 2.24) is 9.78 Å². The number of amides is 1. The van der Waals surface area contributed by atoms with Crippen LogP contribution in [0.5, 0.6) is 0 Å². The zero-order valence-corrected chi connectivity index (χ0v) is 15.5. The molecule has 0 fully saturated rings. The second-order valence-electron chi connectivity index (χ2n) is 6.20. The summed E-state index contributed by atoms with van der Waals surface area (Å²) >= 11 is 1.68. The van der Waals surface area contributed by atoms with Crippen molar-refractivity contribution >= 4 is 23.1 Å². The number of carbonyl (C=O) groups excluding carboxylic acids is 1. The molecule has 0 aliphatic carbocycles. The average molecular weight is 373 g/mol. The van der Waals surface area contributed by atoms with Gasteiger partial charge in [-0.25, -0.2) is 4.68 Å². The molecule has 4 rings (SSSR count). The third-order valence-electron chi connectivity index (χ3n) is 4.38. The molecule has 0 aliphatic rings. The van der Waals surface area contributed by atoms with Crippen LogP contribution in [0.25, 0.3) is 0 Å². The summed E-state index contributed by atoms with van der Waals surface area (Å²) in [5.41, 5.74) is 1.93. The number of anilines is 1. The van der Waals surface area contributed by atoms with Crippen LogP contribution in [-0.2, 0) is 11.3 Å². The quantitative estimate of drug-likeness (QED) is 0.529. The third kappa shape index (κ3) is 3.99. The first-order valence-electron chi connectivity index (χ1n) is 8.76. The normalized spacial score (nSPS) is 10.9. The Morgan fingerprint density at radius 1 is 0.926 bits per heavy atom. The fourth-order valence-corrected chi connectivity index (χ4v) is 3.79. The highest BCUT2D eigenvalue weighted by Crippen LogP contribution is 2.26. The van der Waals surface area contributed by atoms with Gasteiger partial charge >= 0.3 is 0 Å². The Morgan fingerprint density at radius 3 is 2.19 bits per heavy atom.